The molecule has 1 N–H and O–H groups in total. The predicted octanol–water partition coefficient (Wildman–Crippen LogP) is 1.21. The molecule has 29 heavy (non-hydrogen) atoms. The second kappa shape index (κ2) is 12.2. The summed E-state index contributed by atoms with van der Waals surface area (Å²) in [6.45, 7) is 12.8. The van der Waals surface area contributed by atoms with Gasteiger partial charge in [-0.2, -0.15) is 8.42 Å². The van der Waals surface area contributed by atoms with Crippen molar-refractivity contribution in [2.24, 2.45) is 0 Å². The lowest BCUT2D eigenvalue weighted by Crippen LogP contribution is -2.75. The summed E-state index contributed by atoms with van der Waals surface area (Å²) in [6, 6.07) is 0. The van der Waals surface area contributed by atoms with E-state index in [1.807, 2.05) is 0 Å². The van der Waals surface area contributed by atoms with Gasteiger partial charge >= 0.3 is 7.25 Å². The Hall–Kier alpha value is -0.735. The minimum atomic E-state index is -6.00. The molecule has 3 saturated heterocycles. The van der Waals surface area contributed by atoms with Crippen LogP contribution in [0.4, 0.5) is 17.3 Å². The molecule has 0 aromatic heterocycles. The van der Waals surface area contributed by atoms with Crippen LogP contribution in [-0.2, 0) is 20.7 Å². The molecule has 3 heterocycles. The van der Waals surface area contributed by atoms with E-state index in [-0.39, 0.29) is 0 Å². The number of unbranched alkanes of at least 4 members (excludes halogenated alkanes) is 2. The van der Waals surface area contributed by atoms with Crippen LogP contribution >= 0.6 is 0 Å². The molecular weight excluding hydrogens is 443 g/mol. The van der Waals surface area contributed by atoms with Crippen molar-refractivity contribution in [1.29, 1.82) is 0 Å². The molecule has 3 fully saturated rings. The van der Waals surface area contributed by atoms with E-state index in [0.717, 1.165) is 6.42 Å². The van der Waals surface area contributed by atoms with Crippen molar-refractivity contribution in [2.45, 2.75) is 32.6 Å². The van der Waals surface area contributed by atoms with Crippen molar-refractivity contribution in [1.82, 2.24) is 0 Å². The number of hydrogen-bond donors (Lipinski definition) is 1. The lowest BCUT2D eigenvalue weighted by molar-refractivity contribution is -1.08. The molecule has 3 rings (SSSR count). The maximum absolute atomic E-state index is 10.5. The van der Waals surface area contributed by atoms with E-state index in [2.05, 4.69) is 6.92 Å². The predicted molar refractivity (Wildman–Crippen MR) is 101 cm³/mol. The van der Waals surface area contributed by atoms with E-state index < -0.39 is 27.9 Å². The zero-order valence-corrected chi connectivity index (χ0v) is 18.0. The van der Waals surface area contributed by atoms with Crippen molar-refractivity contribution in [3.8, 4) is 0 Å². The Bertz CT molecular complexity index is 684. The number of fused-ring (bicyclic) bond motifs is 3. The molecule has 3 aliphatic heterocycles. The van der Waals surface area contributed by atoms with Crippen LogP contribution in [-0.4, -0.2) is 99.9 Å². The highest BCUT2D eigenvalue weighted by Crippen LogP contribution is 2.27. The Morgan fingerprint density at radius 1 is 0.966 bits per heavy atom. The fourth-order valence-corrected chi connectivity index (χ4v) is 4.07. The molecule has 3 aliphatic rings. The second-order valence-electron chi connectivity index (χ2n) is 7.32. The van der Waals surface area contributed by atoms with Crippen molar-refractivity contribution in [2.75, 3.05) is 52.4 Å². The fraction of sp³-hybridized carbons (Fsp3) is 0.929. The second-order valence-corrected chi connectivity index (χ2v) is 9.03. The van der Waals surface area contributed by atoms with Gasteiger partial charge in [0.1, 0.15) is 39.3 Å². The fourth-order valence-electron chi connectivity index (χ4n) is 3.71. The van der Waals surface area contributed by atoms with Crippen molar-refractivity contribution < 1.29 is 52.2 Å². The van der Waals surface area contributed by atoms with Crippen molar-refractivity contribution >= 4 is 33.3 Å². The molecule has 15 heteroatoms. The van der Waals surface area contributed by atoms with Crippen LogP contribution in [0.5, 0.6) is 0 Å². The number of rotatable bonds is 7. The smallest absolute Gasteiger partial charge is 0.673 e. The number of hydrogen-bond acceptors (Lipinski definition) is 5. The first kappa shape index (κ1) is 28.3. The first-order valence-corrected chi connectivity index (χ1v) is 11.8. The van der Waals surface area contributed by atoms with Gasteiger partial charge in [-0.1, -0.05) is 13.3 Å². The van der Waals surface area contributed by atoms with Crippen molar-refractivity contribution in [3.05, 3.63) is 0 Å². The topological polar surface area (TPSA) is 112 Å². The maximum Gasteiger partial charge on any atom is 0.673 e. The molecule has 8 nitrogen and oxygen atoms in total. The molecule has 0 aromatic carbocycles. The lowest BCUT2D eigenvalue weighted by atomic mass is 10.0. The summed E-state index contributed by atoms with van der Waals surface area (Å²) in [6.07, 6.45) is 4.40. The highest BCUT2D eigenvalue weighted by Gasteiger charge is 2.47. The van der Waals surface area contributed by atoms with E-state index in [0.29, 0.717) is 6.42 Å². The molecule has 0 radical (unpaired) electrons. The normalized spacial score (nSPS) is 25.9. The molecule has 0 spiro atoms. The maximum atomic E-state index is 10.5. The van der Waals surface area contributed by atoms with Crippen LogP contribution in [0.15, 0.2) is 0 Å². The van der Waals surface area contributed by atoms with E-state index in [9.17, 15) is 25.7 Å². The zero-order valence-electron chi connectivity index (χ0n) is 16.4. The summed E-state index contributed by atoms with van der Waals surface area (Å²) >= 11 is 0. The van der Waals surface area contributed by atoms with Gasteiger partial charge in [0.15, 0.2) is 0 Å². The lowest BCUT2D eigenvalue weighted by Gasteiger charge is -2.55. The average molecular weight is 472 g/mol. The van der Waals surface area contributed by atoms with Crippen LogP contribution in [0, 0.1) is 0 Å². The number of halogens is 4. The quantitative estimate of drug-likeness (QED) is 0.113. The van der Waals surface area contributed by atoms with Gasteiger partial charge in [-0.15, -0.1) is 0 Å². The summed E-state index contributed by atoms with van der Waals surface area (Å²) < 4.78 is 95.4. The van der Waals surface area contributed by atoms with E-state index >= 15 is 0 Å². The third-order valence-corrected chi connectivity index (χ3v) is 5.73. The molecule has 0 atom stereocenters. The average Bonchev–Trinajstić information content (AvgIpc) is 2.56. The number of nitrogens with zero attached hydrogens (tertiary/aromatic N) is 2. The Balaban J connectivity index is 0.000000653. The van der Waals surface area contributed by atoms with E-state index in [4.69, 9.17) is 17.5 Å². The van der Waals surface area contributed by atoms with Crippen LogP contribution in [0.25, 0.3) is 0 Å². The van der Waals surface area contributed by atoms with Crippen LogP contribution in [0.3, 0.4) is 0 Å². The van der Waals surface area contributed by atoms with Crippen LogP contribution in [0.1, 0.15) is 32.6 Å². The first-order chi connectivity index (χ1) is 13.1. The van der Waals surface area contributed by atoms with Gasteiger partial charge in [0.2, 0.25) is 20.7 Å². The number of piperazine rings is 3. The van der Waals surface area contributed by atoms with Gasteiger partial charge < -0.3 is 30.8 Å². The molecule has 2 bridgehead atoms. The largest absolute Gasteiger partial charge is 0.726 e. The van der Waals surface area contributed by atoms with Crippen LogP contribution in [0.2, 0.25) is 0 Å². The molecule has 174 valence electrons. The standard InChI is InChI=1S/C14H28N2O2S.BF4.H2O4S/c1-2-3-6-15-8-11-16(12-9-15,13-10-15)7-4-5-14-19(17)18;2-1(3,4)5;1-5(2,3)4/h14H,2-13H2,1H3;;(H2,1,2,3,4)/q+2;-1;/p-1. The Labute approximate surface area is 170 Å². The first-order valence-electron chi connectivity index (χ1n) is 9.27. The SMILES string of the molecule is CCCC[N+]12CC[N+](CCCC=S(=O)=O)(CC1)CC2.F[B-](F)(F)F.O=S(=O)([O-])O. The molecule has 0 saturated carbocycles. The van der Waals surface area contributed by atoms with E-state index in [1.54, 1.807) is 0 Å². The third kappa shape index (κ3) is 15.7. The molecule has 0 amide bonds. The van der Waals surface area contributed by atoms with Gasteiger partial charge in [0.05, 0.1) is 13.1 Å². The van der Waals surface area contributed by atoms with Crippen molar-refractivity contribution in [3.63, 3.8) is 0 Å². The number of quaternary nitrogens is 2. The molecular formula is C14H29BF4N2O6S2. The monoisotopic (exact) mass is 472 g/mol. The van der Waals surface area contributed by atoms with Crippen LogP contribution < -0.4 is 0 Å². The van der Waals surface area contributed by atoms with Gasteiger partial charge in [-0.25, -0.2) is 8.42 Å². The third-order valence-electron chi connectivity index (χ3n) is 5.22. The van der Waals surface area contributed by atoms with E-state index in [1.165, 1.54) is 79.5 Å². The minimum absolute atomic E-state index is 0.714. The highest BCUT2D eigenvalue weighted by molar-refractivity contribution is 7.79. The summed E-state index contributed by atoms with van der Waals surface area (Å²) in [5.41, 5.74) is 0. The summed E-state index contributed by atoms with van der Waals surface area (Å²) in [4.78, 5) is 0. The summed E-state index contributed by atoms with van der Waals surface area (Å²) in [5, 5.41) is 1.41. The summed E-state index contributed by atoms with van der Waals surface area (Å²) in [5.74, 6) is 0. The van der Waals surface area contributed by atoms with Gasteiger partial charge in [-0.05, 0) is 12.8 Å². The van der Waals surface area contributed by atoms with Gasteiger partial charge in [0, 0.05) is 11.8 Å². The Kier molecular flexibility index (Phi) is 11.9. The highest BCUT2D eigenvalue weighted by atomic mass is 32.3. The van der Waals surface area contributed by atoms with Gasteiger partial charge in [0.25, 0.3) is 0 Å². The summed E-state index contributed by atoms with van der Waals surface area (Å²) in [7, 11) is -12.9. The molecule has 0 aliphatic carbocycles. The molecule has 0 aromatic rings. The zero-order chi connectivity index (χ0) is 22.8. The minimum Gasteiger partial charge on any atom is -0.726 e. The Morgan fingerprint density at radius 3 is 1.55 bits per heavy atom. The Morgan fingerprint density at radius 2 is 1.28 bits per heavy atom. The van der Waals surface area contributed by atoms with Gasteiger partial charge in [-0.3, -0.25) is 4.55 Å². The molecule has 0 unspecified atom stereocenters.